The highest BCUT2D eigenvalue weighted by molar-refractivity contribution is 5.97. The third-order valence-electron chi connectivity index (χ3n) is 3.17. The Kier molecular flexibility index (Phi) is 2.73. The minimum Gasteiger partial charge on any atom is -0.508 e. The first-order valence-electron chi connectivity index (χ1n) is 6.05. The zero-order valence-corrected chi connectivity index (χ0v) is 10.4. The molecule has 0 aliphatic rings. The first-order valence-corrected chi connectivity index (χ1v) is 6.05. The Morgan fingerprint density at radius 3 is 2.55 bits per heavy atom. The first kappa shape index (κ1) is 12.0. The second kappa shape index (κ2) is 4.56. The lowest BCUT2D eigenvalue weighted by Crippen LogP contribution is -2.12. The molecule has 0 unspecified atom stereocenters. The van der Waals surface area contributed by atoms with E-state index >= 15 is 0 Å². The van der Waals surface area contributed by atoms with Gasteiger partial charge in [0.05, 0.1) is 5.52 Å². The van der Waals surface area contributed by atoms with Gasteiger partial charge in [-0.05, 0) is 17.7 Å². The van der Waals surface area contributed by atoms with E-state index in [0.29, 0.717) is 11.1 Å². The van der Waals surface area contributed by atoms with Crippen LogP contribution in [0, 0.1) is 11.3 Å². The molecule has 2 aromatic carbocycles. The van der Waals surface area contributed by atoms with Gasteiger partial charge < -0.3 is 10.1 Å². The van der Waals surface area contributed by atoms with Gasteiger partial charge in [0, 0.05) is 17.0 Å². The highest BCUT2D eigenvalue weighted by Crippen LogP contribution is 2.30. The molecular weight excluding hydrogens is 252 g/mol. The van der Waals surface area contributed by atoms with Crippen molar-refractivity contribution >= 4 is 10.9 Å². The second-order valence-electron chi connectivity index (χ2n) is 4.41. The Morgan fingerprint density at radius 2 is 1.85 bits per heavy atom. The maximum Gasteiger partial charge on any atom is 0.266 e. The van der Waals surface area contributed by atoms with Crippen molar-refractivity contribution in [3.05, 3.63) is 64.4 Å². The fourth-order valence-electron chi connectivity index (χ4n) is 2.30. The van der Waals surface area contributed by atoms with E-state index in [1.165, 1.54) is 12.1 Å². The Balaban J connectivity index is 2.51. The van der Waals surface area contributed by atoms with Crippen LogP contribution in [0.25, 0.3) is 22.0 Å². The number of H-pyrrole nitrogens is 1. The van der Waals surface area contributed by atoms with Crippen molar-refractivity contribution in [2.45, 2.75) is 0 Å². The van der Waals surface area contributed by atoms with Crippen LogP contribution in [0.4, 0.5) is 0 Å². The van der Waals surface area contributed by atoms with Gasteiger partial charge in [-0.3, -0.25) is 4.79 Å². The molecule has 0 saturated heterocycles. The lowest BCUT2D eigenvalue weighted by Gasteiger charge is -2.09. The van der Waals surface area contributed by atoms with E-state index < -0.39 is 5.56 Å². The van der Waals surface area contributed by atoms with Crippen molar-refractivity contribution in [3.63, 3.8) is 0 Å². The summed E-state index contributed by atoms with van der Waals surface area (Å²) in [6.45, 7) is 0. The van der Waals surface area contributed by atoms with Crippen LogP contribution in [-0.4, -0.2) is 10.1 Å². The number of rotatable bonds is 1. The van der Waals surface area contributed by atoms with Gasteiger partial charge in [-0.25, -0.2) is 0 Å². The SMILES string of the molecule is N#Cc1c(-c2ccccc2)c2ccc(O)cc2[nH]c1=O. The predicted octanol–water partition coefficient (Wildman–Crippen LogP) is 2.77. The van der Waals surface area contributed by atoms with E-state index in [2.05, 4.69) is 4.98 Å². The van der Waals surface area contributed by atoms with Crippen LogP contribution in [0.1, 0.15) is 5.56 Å². The number of nitrogens with one attached hydrogen (secondary N) is 1. The van der Waals surface area contributed by atoms with Gasteiger partial charge in [-0.2, -0.15) is 5.26 Å². The molecule has 3 rings (SSSR count). The summed E-state index contributed by atoms with van der Waals surface area (Å²) in [5.74, 6) is 0.0665. The lowest BCUT2D eigenvalue weighted by atomic mass is 9.97. The van der Waals surface area contributed by atoms with Crippen LogP contribution in [0.5, 0.6) is 5.75 Å². The summed E-state index contributed by atoms with van der Waals surface area (Å²) in [5.41, 5.74) is 1.52. The summed E-state index contributed by atoms with van der Waals surface area (Å²) in [4.78, 5) is 14.6. The van der Waals surface area contributed by atoms with Crippen LogP contribution in [0.15, 0.2) is 53.3 Å². The fourth-order valence-corrected chi connectivity index (χ4v) is 2.30. The molecule has 20 heavy (non-hydrogen) atoms. The van der Waals surface area contributed by atoms with Crippen LogP contribution in [-0.2, 0) is 0 Å². The summed E-state index contributed by atoms with van der Waals surface area (Å²) >= 11 is 0. The number of nitrogens with zero attached hydrogens (tertiary/aromatic N) is 1. The smallest absolute Gasteiger partial charge is 0.266 e. The molecule has 0 radical (unpaired) electrons. The Labute approximate surface area is 114 Å². The maximum atomic E-state index is 12.0. The third-order valence-corrected chi connectivity index (χ3v) is 3.17. The largest absolute Gasteiger partial charge is 0.508 e. The monoisotopic (exact) mass is 262 g/mol. The van der Waals surface area contributed by atoms with Gasteiger partial charge in [0.2, 0.25) is 0 Å². The molecule has 4 nitrogen and oxygen atoms in total. The molecule has 2 N–H and O–H groups in total. The predicted molar refractivity (Wildman–Crippen MR) is 76.4 cm³/mol. The third kappa shape index (κ3) is 1.82. The first-order chi connectivity index (χ1) is 9.70. The zero-order chi connectivity index (χ0) is 14.1. The number of hydrogen-bond donors (Lipinski definition) is 2. The van der Waals surface area contributed by atoms with E-state index in [0.717, 1.165) is 10.9 Å². The van der Waals surface area contributed by atoms with Crippen molar-refractivity contribution in [1.82, 2.24) is 4.98 Å². The molecule has 3 aromatic rings. The number of fused-ring (bicyclic) bond motifs is 1. The number of benzene rings is 2. The lowest BCUT2D eigenvalue weighted by molar-refractivity contribution is 0.476. The van der Waals surface area contributed by atoms with Crippen molar-refractivity contribution in [2.75, 3.05) is 0 Å². The highest BCUT2D eigenvalue weighted by Gasteiger charge is 2.14. The van der Waals surface area contributed by atoms with Gasteiger partial charge in [0.25, 0.3) is 5.56 Å². The molecule has 0 atom stereocenters. The minimum atomic E-state index is -0.454. The van der Waals surface area contributed by atoms with Crippen molar-refractivity contribution in [3.8, 4) is 22.9 Å². The minimum absolute atomic E-state index is 0.0665. The average Bonchev–Trinajstić information content (AvgIpc) is 2.46. The van der Waals surface area contributed by atoms with Gasteiger partial charge in [-0.1, -0.05) is 30.3 Å². The quantitative estimate of drug-likeness (QED) is 0.708. The van der Waals surface area contributed by atoms with Crippen LogP contribution >= 0.6 is 0 Å². The summed E-state index contributed by atoms with van der Waals surface area (Å²) in [5, 5.41) is 19.5. The molecule has 1 heterocycles. The number of aromatic nitrogens is 1. The number of aromatic amines is 1. The van der Waals surface area contributed by atoms with Crippen molar-refractivity contribution in [1.29, 1.82) is 5.26 Å². The van der Waals surface area contributed by atoms with Gasteiger partial charge in [0.1, 0.15) is 17.4 Å². The summed E-state index contributed by atoms with van der Waals surface area (Å²) < 4.78 is 0. The molecule has 1 aromatic heterocycles. The van der Waals surface area contributed by atoms with E-state index in [-0.39, 0.29) is 11.3 Å². The molecule has 96 valence electrons. The topological polar surface area (TPSA) is 76.9 Å². The van der Waals surface area contributed by atoms with E-state index in [1.807, 2.05) is 36.4 Å². The summed E-state index contributed by atoms with van der Waals surface area (Å²) in [7, 11) is 0. The normalized spacial score (nSPS) is 10.3. The van der Waals surface area contributed by atoms with E-state index in [4.69, 9.17) is 0 Å². The summed E-state index contributed by atoms with van der Waals surface area (Å²) in [6, 6.07) is 15.9. The zero-order valence-electron chi connectivity index (χ0n) is 10.4. The number of pyridine rings is 1. The van der Waals surface area contributed by atoms with E-state index in [9.17, 15) is 15.2 Å². The Morgan fingerprint density at radius 1 is 1.10 bits per heavy atom. The van der Waals surface area contributed by atoms with Gasteiger partial charge in [0.15, 0.2) is 0 Å². The Hall–Kier alpha value is -3.06. The van der Waals surface area contributed by atoms with Gasteiger partial charge in [-0.15, -0.1) is 0 Å². The fraction of sp³-hybridized carbons (Fsp3) is 0. The number of hydrogen-bond acceptors (Lipinski definition) is 3. The van der Waals surface area contributed by atoms with Crippen LogP contribution < -0.4 is 5.56 Å². The van der Waals surface area contributed by atoms with Crippen molar-refractivity contribution in [2.24, 2.45) is 0 Å². The number of phenols is 1. The average molecular weight is 262 g/mol. The molecule has 0 aliphatic carbocycles. The molecular formula is C16H10N2O2. The van der Waals surface area contributed by atoms with E-state index in [1.54, 1.807) is 6.07 Å². The maximum absolute atomic E-state index is 12.0. The highest BCUT2D eigenvalue weighted by atomic mass is 16.3. The molecule has 0 saturated carbocycles. The standard InChI is InChI=1S/C16H10N2O2/c17-9-13-15(10-4-2-1-3-5-10)12-7-6-11(19)8-14(12)18-16(13)20/h1-8,19H,(H,18,20). The number of aromatic hydroxyl groups is 1. The van der Waals surface area contributed by atoms with Crippen LogP contribution in [0.3, 0.4) is 0 Å². The molecule has 0 amide bonds. The van der Waals surface area contributed by atoms with Crippen molar-refractivity contribution < 1.29 is 5.11 Å². The number of nitriles is 1. The van der Waals surface area contributed by atoms with Crippen LogP contribution in [0.2, 0.25) is 0 Å². The molecule has 0 bridgehead atoms. The molecule has 0 spiro atoms. The number of phenolic OH excluding ortho intramolecular Hbond substituents is 1. The molecule has 0 aliphatic heterocycles. The Bertz CT molecular complexity index is 890. The molecule has 4 heteroatoms. The summed E-state index contributed by atoms with van der Waals surface area (Å²) in [6.07, 6.45) is 0. The second-order valence-corrected chi connectivity index (χ2v) is 4.41. The molecule has 0 fully saturated rings. The van der Waals surface area contributed by atoms with Gasteiger partial charge >= 0.3 is 0 Å².